The lowest BCUT2D eigenvalue weighted by Gasteiger charge is -2.46. The summed E-state index contributed by atoms with van der Waals surface area (Å²) in [5, 5.41) is 21.9. The molecule has 146 valence electrons. The summed E-state index contributed by atoms with van der Waals surface area (Å²) in [5.74, 6) is 0. The Bertz CT molecular complexity index is 1020. The van der Waals surface area contributed by atoms with Crippen molar-refractivity contribution in [3.8, 4) is 12.1 Å². The highest BCUT2D eigenvalue weighted by atomic mass is 14.6. The molecule has 2 unspecified atom stereocenters. The third kappa shape index (κ3) is 2.94. The topological polar surface area (TPSA) is 47.6 Å². The second-order valence-electron chi connectivity index (χ2n) is 7.77. The first-order valence-electron chi connectivity index (χ1n) is 10.5. The molecule has 0 aliphatic heterocycles. The molecule has 30 heavy (non-hydrogen) atoms. The van der Waals surface area contributed by atoms with Crippen LogP contribution in [0.3, 0.4) is 0 Å². The molecule has 2 heteroatoms. The van der Waals surface area contributed by atoms with E-state index < -0.39 is 10.8 Å². The fraction of sp³-hybridized carbons (Fsp3) is 0.214. The van der Waals surface area contributed by atoms with Crippen LogP contribution in [0.4, 0.5) is 0 Å². The Balaban J connectivity index is 2.15. The van der Waals surface area contributed by atoms with Gasteiger partial charge in [-0.15, -0.1) is 0 Å². The van der Waals surface area contributed by atoms with Crippen LogP contribution < -0.4 is 0 Å². The minimum absolute atomic E-state index is 0.762. The maximum absolute atomic E-state index is 10.9. The second kappa shape index (κ2) is 8.40. The third-order valence-electron chi connectivity index (χ3n) is 6.30. The fourth-order valence-electron chi connectivity index (χ4n) is 4.93. The Labute approximate surface area is 178 Å². The monoisotopic (exact) mass is 388 g/mol. The molecule has 2 aliphatic rings. The summed E-state index contributed by atoms with van der Waals surface area (Å²) in [4.78, 5) is 0. The zero-order valence-electron chi connectivity index (χ0n) is 17.0. The summed E-state index contributed by atoms with van der Waals surface area (Å²) >= 11 is 0. The van der Waals surface area contributed by atoms with Gasteiger partial charge in [-0.05, 0) is 48.0 Å². The summed E-state index contributed by atoms with van der Waals surface area (Å²) in [6, 6.07) is 25.1. The van der Waals surface area contributed by atoms with E-state index in [-0.39, 0.29) is 0 Å². The molecule has 0 bridgehead atoms. The molecule has 0 N–H and O–H groups in total. The number of nitriles is 2. The van der Waals surface area contributed by atoms with Crippen LogP contribution in [0.1, 0.15) is 36.8 Å². The molecule has 0 aromatic heterocycles. The molecule has 0 saturated heterocycles. The van der Waals surface area contributed by atoms with E-state index in [2.05, 4.69) is 24.3 Å². The van der Waals surface area contributed by atoms with E-state index in [4.69, 9.17) is 0 Å². The molecular weight excluding hydrogens is 364 g/mol. The lowest BCUT2D eigenvalue weighted by atomic mass is 9.50. The molecule has 2 aromatic rings. The van der Waals surface area contributed by atoms with Gasteiger partial charge in [0, 0.05) is 0 Å². The summed E-state index contributed by atoms with van der Waals surface area (Å²) in [7, 11) is 0. The van der Waals surface area contributed by atoms with Crippen LogP contribution in [0, 0.1) is 22.7 Å². The van der Waals surface area contributed by atoms with Gasteiger partial charge in [-0.25, -0.2) is 0 Å². The van der Waals surface area contributed by atoms with Crippen molar-refractivity contribution in [2.75, 3.05) is 0 Å². The van der Waals surface area contributed by atoms with Gasteiger partial charge in [-0.3, -0.25) is 0 Å². The second-order valence-corrected chi connectivity index (χ2v) is 7.77. The minimum atomic E-state index is -1.12. The standard InChI is InChI=1S/C28H24N2/c29-21-27(23-13-5-1-6-14-23,24-15-7-2-8-16-24)28(22-30,25-17-9-3-10-18-25)26-19-11-4-12-20-26/h1-7,9-11,13-15,17-19H,8,12,16,20H2. The van der Waals surface area contributed by atoms with E-state index in [0.29, 0.717) is 0 Å². The van der Waals surface area contributed by atoms with Crippen molar-refractivity contribution >= 4 is 0 Å². The van der Waals surface area contributed by atoms with Gasteiger partial charge in [0.05, 0.1) is 12.1 Å². The Morgan fingerprint density at radius 2 is 1.00 bits per heavy atom. The van der Waals surface area contributed by atoms with Gasteiger partial charge >= 0.3 is 0 Å². The maximum atomic E-state index is 10.9. The van der Waals surface area contributed by atoms with Gasteiger partial charge < -0.3 is 0 Å². The highest BCUT2D eigenvalue weighted by Crippen LogP contribution is 2.55. The number of allylic oxidation sites excluding steroid dienone is 8. The predicted molar refractivity (Wildman–Crippen MR) is 120 cm³/mol. The summed E-state index contributed by atoms with van der Waals surface area (Å²) in [6.45, 7) is 0. The van der Waals surface area contributed by atoms with Crippen molar-refractivity contribution in [1.29, 1.82) is 10.5 Å². The maximum Gasteiger partial charge on any atom is 0.130 e. The predicted octanol–water partition coefficient (Wildman–Crippen LogP) is 6.46. The van der Waals surface area contributed by atoms with Gasteiger partial charge in [0.2, 0.25) is 0 Å². The third-order valence-corrected chi connectivity index (χ3v) is 6.30. The molecule has 0 spiro atoms. The number of rotatable bonds is 5. The van der Waals surface area contributed by atoms with Crippen molar-refractivity contribution in [3.05, 3.63) is 119 Å². The molecule has 0 saturated carbocycles. The molecule has 4 rings (SSSR count). The van der Waals surface area contributed by atoms with Gasteiger partial charge in [0.15, 0.2) is 0 Å². The molecule has 0 fully saturated rings. The van der Waals surface area contributed by atoms with Crippen LogP contribution in [0.2, 0.25) is 0 Å². The van der Waals surface area contributed by atoms with Crippen molar-refractivity contribution < 1.29 is 0 Å². The summed E-state index contributed by atoms with van der Waals surface area (Å²) in [6.07, 6.45) is 15.7. The van der Waals surface area contributed by atoms with E-state index in [1.807, 2.05) is 85.0 Å². The lowest BCUT2D eigenvalue weighted by Crippen LogP contribution is -2.50. The molecule has 2 nitrogen and oxygen atoms in total. The minimum Gasteiger partial charge on any atom is -0.197 e. The van der Waals surface area contributed by atoms with Gasteiger partial charge in [-0.2, -0.15) is 10.5 Å². The van der Waals surface area contributed by atoms with Crippen LogP contribution in [-0.4, -0.2) is 0 Å². The van der Waals surface area contributed by atoms with E-state index in [0.717, 1.165) is 48.0 Å². The summed E-state index contributed by atoms with van der Waals surface area (Å²) < 4.78 is 0. The van der Waals surface area contributed by atoms with Crippen molar-refractivity contribution in [1.82, 2.24) is 0 Å². The average Bonchev–Trinajstić information content (AvgIpc) is 2.85. The van der Waals surface area contributed by atoms with Crippen LogP contribution in [0.15, 0.2) is 108 Å². The molecule has 0 heterocycles. The van der Waals surface area contributed by atoms with Crippen molar-refractivity contribution in [2.24, 2.45) is 0 Å². The first kappa shape index (κ1) is 19.7. The molecular formula is C28H24N2. The highest BCUT2D eigenvalue weighted by Gasteiger charge is 2.58. The van der Waals surface area contributed by atoms with Crippen LogP contribution >= 0.6 is 0 Å². The quantitative estimate of drug-likeness (QED) is 0.590. The van der Waals surface area contributed by atoms with E-state index in [1.54, 1.807) is 0 Å². The molecule has 2 aliphatic carbocycles. The highest BCUT2D eigenvalue weighted by molar-refractivity contribution is 5.63. The molecule has 2 atom stereocenters. The number of benzene rings is 2. The smallest absolute Gasteiger partial charge is 0.130 e. The number of nitrogens with zero attached hydrogens (tertiary/aromatic N) is 2. The Morgan fingerprint density at radius 3 is 1.30 bits per heavy atom. The van der Waals surface area contributed by atoms with E-state index >= 15 is 0 Å². The Hall–Kier alpha value is -3.62. The average molecular weight is 389 g/mol. The van der Waals surface area contributed by atoms with Crippen LogP contribution in [0.25, 0.3) is 0 Å². The van der Waals surface area contributed by atoms with E-state index in [9.17, 15) is 10.5 Å². The van der Waals surface area contributed by atoms with Crippen LogP contribution in [0.5, 0.6) is 0 Å². The van der Waals surface area contributed by atoms with Crippen molar-refractivity contribution in [2.45, 2.75) is 36.5 Å². The zero-order valence-corrected chi connectivity index (χ0v) is 17.0. The summed E-state index contributed by atoms with van der Waals surface area (Å²) in [5.41, 5.74) is 1.50. The Kier molecular flexibility index (Phi) is 5.51. The Morgan fingerprint density at radius 1 is 0.600 bits per heavy atom. The molecule has 2 aromatic carbocycles. The first-order chi connectivity index (χ1) is 14.8. The normalized spacial score (nSPS) is 19.4. The van der Waals surface area contributed by atoms with Crippen molar-refractivity contribution in [3.63, 3.8) is 0 Å². The lowest BCUT2D eigenvalue weighted by molar-refractivity contribution is 0.428. The zero-order chi connectivity index (χ0) is 20.9. The van der Waals surface area contributed by atoms with Gasteiger partial charge in [0.1, 0.15) is 10.8 Å². The number of hydrogen-bond donors (Lipinski definition) is 0. The first-order valence-corrected chi connectivity index (χ1v) is 10.5. The SMILES string of the molecule is N#CC(C1=CC=CCC1)(c1ccccc1)C(C#N)(C1=CC=CCC1)c1ccccc1. The molecule has 0 radical (unpaired) electrons. The largest absolute Gasteiger partial charge is 0.197 e. The van der Waals surface area contributed by atoms with Crippen LogP contribution in [-0.2, 0) is 10.8 Å². The molecule has 0 amide bonds. The van der Waals surface area contributed by atoms with Gasteiger partial charge in [0.25, 0.3) is 0 Å². The van der Waals surface area contributed by atoms with Gasteiger partial charge in [-0.1, -0.05) is 97.1 Å². The number of hydrogen-bond acceptors (Lipinski definition) is 2. The van der Waals surface area contributed by atoms with E-state index in [1.165, 1.54) is 0 Å². The fourth-order valence-corrected chi connectivity index (χ4v) is 4.93.